The zero-order valence-electron chi connectivity index (χ0n) is 17.9. The highest BCUT2D eigenvalue weighted by atomic mass is 16.5. The number of ketones is 1. The van der Waals surface area contributed by atoms with Crippen LogP contribution in [0.15, 0.2) is 48.0 Å². The van der Waals surface area contributed by atoms with Crippen molar-refractivity contribution in [1.29, 1.82) is 0 Å². The van der Waals surface area contributed by atoms with Gasteiger partial charge in [0.25, 0.3) is 11.7 Å². The maximum atomic E-state index is 13.1. The first-order valence-corrected chi connectivity index (χ1v) is 10.2. The minimum atomic E-state index is -0.695. The number of ether oxygens (including phenoxy) is 2. The fourth-order valence-electron chi connectivity index (χ4n) is 4.07. The van der Waals surface area contributed by atoms with Gasteiger partial charge in [0.05, 0.1) is 25.3 Å². The normalized spacial score (nSPS) is 19.6. The van der Waals surface area contributed by atoms with Gasteiger partial charge in [0.1, 0.15) is 17.3 Å². The molecule has 0 spiro atoms. The molecule has 1 unspecified atom stereocenters. The molecule has 0 saturated carbocycles. The molecule has 7 heteroatoms. The van der Waals surface area contributed by atoms with Gasteiger partial charge < -0.3 is 24.4 Å². The van der Waals surface area contributed by atoms with Crippen LogP contribution in [0.4, 0.5) is 0 Å². The van der Waals surface area contributed by atoms with Crippen molar-refractivity contribution in [3.05, 3.63) is 64.7 Å². The number of likely N-dealkylation sites (tertiary alicyclic amines) is 1. The highest BCUT2D eigenvalue weighted by Crippen LogP contribution is 2.40. The Morgan fingerprint density at radius 2 is 2.03 bits per heavy atom. The molecule has 0 radical (unpaired) electrons. The second-order valence-electron chi connectivity index (χ2n) is 7.99. The summed E-state index contributed by atoms with van der Waals surface area (Å²) in [6.07, 6.45) is 0.743. The van der Waals surface area contributed by atoms with E-state index in [0.29, 0.717) is 36.6 Å². The summed E-state index contributed by atoms with van der Waals surface area (Å²) < 4.78 is 10.9. The number of hydrogen-bond acceptors (Lipinski definition) is 6. The van der Waals surface area contributed by atoms with Gasteiger partial charge in [0.15, 0.2) is 0 Å². The number of hydrogen-bond donors (Lipinski definition) is 1. The van der Waals surface area contributed by atoms with Crippen LogP contribution in [-0.2, 0) is 16.0 Å². The molecule has 4 rings (SSSR count). The average Bonchev–Trinajstić information content (AvgIpc) is 3.34. The number of benzene rings is 2. The third kappa shape index (κ3) is 3.88. The first-order chi connectivity index (χ1) is 14.9. The van der Waals surface area contributed by atoms with Crippen molar-refractivity contribution in [2.24, 2.45) is 0 Å². The van der Waals surface area contributed by atoms with E-state index in [-0.39, 0.29) is 11.3 Å². The van der Waals surface area contributed by atoms with Crippen LogP contribution in [0.3, 0.4) is 0 Å². The molecule has 1 atom stereocenters. The zero-order chi connectivity index (χ0) is 22.1. The highest BCUT2D eigenvalue weighted by Gasteiger charge is 2.46. The van der Waals surface area contributed by atoms with Crippen molar-refractivity contribution >= 4 is 17.4 Å². The number of likely N-dealkylation sites (N-methyl/N-ethyl adjacent to an activating group) is 1. The molecular formula is C24H26N2O5. The van der Waals surface area contributed by atoms with E-state index in [0.717, 1.165) is 17.7 Å². The maximum Gasteiger partial charge on any atom is 0.295 e. The Kier molecular flexibility index (Phi) is 5.69. The summed E-state index contributed by atoms with van der Waals surface area (Å²) in [6, 6.07) is 11.9. The molecule has 2 aliphatic rings. The van der Waals surface area contributed by atoms with Crippen LogP contribution in [0.5, 0.6) is 11.5 Å². The van der Waals surface area contributed by atoms with Crippen LogP contribution < -0.4 is 9.47 Å². The molecule has 2 aromatic carbocycles. The van der Waals surface area contributed by atoms with Crippen LogP contribution in [-0.4, -0.2) is 67.5 Å². The zero-order valence-corrected chi connectivity index (χ0v) is 17.9. The number of aliphatic hydroxyl groups excluding tert-OH is 1. The van der Waals surface area contributed by atoms with Crippen molar-refractivity contribution in [3.8, 4) is 11.5 Å². The molecule has 2 aromatic rings. The fourth-order valence-corrected chi connectivity index (χ4v) is 4.07. The molecule has 7 nitrogen and oxygen atoms in total. The van der Waals surface area contributed by atoms with Crippen molar-refractivity contribution in [2.75, 3.05) is 40.9 Å². The topological polar surface area (TPSA) is 79.3 Å². The summed E-state index contributed by atoms with van der Waals surface area (Å²) in [4.78, 5) is 29.5. The van der Waals surface area contributed by atoms with Crippen LogP contribution in [0.25, 0.3) is 5.76 Å². The smallest absolute Gasteiger partial charge is 0.295 e. The van der Waals surface area contributed by atoms with Crippen molar-refractivity contribution < 1.29 is 24.2 Å². The summed E-state index contributed by atoms with van der Waals surface area (Å²) in [5.41, 5.74) is 2.28. The van der Waals surface area contributed by atoms with Crippen molar-refractivity contribution in [1.82, 2.24) is 9.80 Å². The first-order valence-electron chi connectivity index (χ1n) is 10.2. The van der Waals surface area contributed by atoms with E-state index < -0.39 is 17.7 Å². The van der Waals surface area contributed by atoms with Crippen molar-refractivity contribution in [2.45, 2.75) is 12.5 Å². The Morgan fingerprint density at radius 1 is 1.23 bits per heavy atom. The van der Waals surface area contributed by atoms with E-state index >= 15 is 0 Å². The quantitative estimate of drug-likeness (QED) is 0.438. The molecule has 31 heavy (non-hydrogen) atoms. The molecule has 2 aliphatic heterocycles. The lowest BCUT2D eigenvalue weighted by Crippen LogP contribution is -2.35. The number of Topliss-reactive ketones (excluding diaryl/α,β-unsaturated/α-hetero) is 1. The highest BCUT2D eigenvalue weighted by molar-refractivity contribution is 6.46. The van der Waals surface area contributed by atoms with Gasteiger partial charge in [-0.2, -0.15) is 0 Å². The van der Waals surface area contributed by atoms with Gasteiger partial charge in [-0.3, -0.25) is 9.59 Å². The van der Waals surface area contributed by atoms with E-state index in [9.17, 15) is 14.7 Å². The number of carbonyl (C=O) groups excluding carboxylic acids is 2. The fraction of sp³-hybridized carbons (Fsp3) is 0.333. The Bertz CT molecular complexity index is 1060. The number of rotatable bonds is 6. The average molecular weight is 422 g/mol. The molecule has 1 saturated heterocycles. The maximum absolute atomic E-state index is 13.1. The molecule has 1 N–H and O–H groups in total. The van der Waals surface area contributed by atoms with Crippen LogP contribution in [0.2, 0.25) is 0 Å². The Labute approximate surface area is 181 Å². The second-order valence-corrected chi connectivity index (χ2v) is 7.99. The number of aliphatic hydroxyl groups is 1. The lowest BCUT2D eigenvalue weighted by molar-refractivity contribution is -0.140. The van der Waals surface area contributed by atoms with Gasteiger partial charge in [-0.25, -0.2) is 0 Å². The van der Waals surface area contributed by atoms with Crippen LogP contribution in [0.1, 0.15) is 22.7 Å². The van der Waals surface area contributed by atoms with Gasteiger partial charge in [-0.1, -0.05) is 12.1 Å². The molecule has 2 heterocycles. The molecule has 0 aliphatic carbocycles. The summed E-state index contributed by atoms with van der Waals surface area (Å²) in [5, 5.41) is 11.2. The van der Waals surface area contributed by atoms with E-state index in [2.05, 4.69) is 0 Å². The Balaban J connectivity index is 1.84. The van der Waals surface area contributed by atoms with Gasteiger partial charge in [-0.05, 0) is 55.6 Å². The summed E-state index contributed by atoms with van der Waals surface area (Å²) >= 11 is 0. The van der Waals surface area contributed by atoms with Gasteiger partial charge in [0, 0.05) is 25.1 Å². The number of fused-ring (bicyclic) bond motifs is 1. The predicted molar refractivity (Wildman–Crippen MR) is 116 cm³/mol. The van der Waals surface area contributed by atoms with Crippen molar-refractivity contribution in [3.63, 3.8) is 0 Å². The number of methoxy groups -OCH3 is 1. The predicted octanol–water partition coefficient (Wildman–Crippen LogP) is 2.61. The van der Waals surface area contributed by atoms with Crippen LogP contribution in [0, 0.1) is 0 Å². The summed E-state index contributed by atoms with van der Waals surface area (Å²) in [6.45, 7) is 1.54. The second kappa shape index (κ2) is 8.43. The largest absolute Gasteiger partial charge is 0.507 e. The molecule has 1 fully saturated rings. The Morgan fingerprint density at radius 3 is 2.77 bits per heavy atom. The third-order valence-electron chi connectivity index (χ3n) is 5.70. The first kappa shape index (κ1) is 20.9. The van der Waals surface area contributed by atoms with Gasteiger partial charge >= 0.3 is 0 Å². The Hall–Kier alpha value is -3.32. The monoisotopic (exact) mass is 422 g/mol. The lowest BCUT2D eigenvalue weighted by atomic mass is 9.94. The van der Waals surface area contributed by atoms with E-state index in [1.165, 1.54) is 4.90 Å². The summed E-state index contributed by atoms with van der Waals surface area (Å²) in [5.74, 6) is -0.0625. The number of amides is 1. The lowest BCUT2D eigenvalue weighted by Gasteiger charge is -2.26. The van der Waals surface area contributed by atoms with E-state index in [4.69, 9.17) is 9.47 Å². The van der Waals surface area contributed by atoms with E-state index in [1.807, 2.05) is 37.2 Å². The molecule has 162 valence electrons. The standard InChI is InChI=1S/C24H26N2O5/c1-25(2)10-11-26-21(16-5-4-6-18(14-16)30-3)20(23(28)24(26)29)22(27)17-7-8-19-15(13-17)9-12-31-19/h4-8,13-14,21,27H,9-12H2,1-3H3/b22-20-. The van der Waals surface area contributed by atoms with Gasteiger partial charge in [0.2, 0.25) is 0 Å². The van der Waals surface area contributed by atoms with E-state index in [1.54, 1.807) is 31.4 Å². The minimum absolute atomic E-state index is 0.0934. The molecule has 0 aromatic heterocycles. The molecular weight excluding hydrogens is 396 g/mol. The third-order valence-corrected chi connectivity index (χ3v) is 5.70. The molecule has 1 amide bonds. The number of carbonyl (C=O) groups is 2. The molecule has 0 bridgehead atoms. The SMILES string of the molecule is COc1cccc(C2/C(=C(/O)c3ccc4c(c3)CCO4)C(=O)C(=O)N2CCN(C)C)c1. The van der Waals surface area contributed by atoms with Gasteiger partial charge in [-0.15, -0.1) is 0 Å². The number of nitrogens with zero attached hydrogens (tertiary/aromatic N) is 2. The summed E-state index contributed by atoms with van der Waals surface area (Å²) in [7, 11) is 5.38. The minimum Gasteiger partial charge on any atom is -0.507 e. The van der Waals surface area contributed by atoms with Crippen LogP contribution >= 0.6 is 0 Å².